The molecule has 1 unspecified atom stereocenters. The molecule has 2 saturated heterocycles. The summed E-state index contributed by atoms with van der Waals surface area (Å²) in [5.41, 5.74) is 0. The van der Waals surface area contributed by atoms with Crippen molar-refractivity contribution in [1.82, 2.24) is 14.1 Å². The summed E-state index contributed by atoms with van der Waals surface area (Å²) < 4.78 is 27.5. The van der Waals surface area contributed by atoms with Crippen molar-refractivity contribution >= 4 is 21.8 Å². The third-order valence-electron chi connectivity index (χ3n) is 6.70. The van der Waals surface area contributed by atoms with Gasteiger partial charge in [-0.25, -0.2) is 8.42 Å². The summed E-state index contributed by atoms with van der Waals surface area (Å²) in [6.45, 7) is 2.41. The van der Waals surface area contributed by atoms with E-state index in [0.29, 0.717) is 45.6 Å². The average molecular weight is 434 g/mol. The first kappa shape index (κ1) is 21.3. The summed E-state index contributed by atoms with van der Waals surface area (Å²) in [5, 5.41) is 0. The molecule has 1 atom stereocenters. The van der Waals surface area contributed by atoms with Crippen molar-refractivity contribution < 1.29 is 18.0 Å². The van der Waals surface area contributed by atoms with Crippen LogP contribution in [0.15, 0.2) is 35.2 Å². The van der Waals surface area contributed by atoms with Crippen LogP contribution in [-0.4, -0.2) is 73.1 Å². The van der Waals surface area contributed by atoms with Crippen molar-refractivity contribution in [3.8, 4) is 0 Å². The lowest BCUT2D eigenvalue weighted by Crippen LogP contribution is -2.56. The lowest BCUT2D eigenvalue weighted by Gasteiger charge is -2.38. The van der Waals surface area contributed by atoms with E-state index in [-0.39, 0.29) is 22.6 Å². The minimum absolute atomic E-state index is 0.128. The fourth-order valence-electron chi connectivity index (χ4n) is 4.97. The molecule has 1 aromatic carbocycles. The molecule has 164 valence electrons. The molecule has 2 heterocycles. The Morgan fingerprint density at radius 1 is 0.733 bits per heavy atom. The Kier molecular flexibility index (Phi) is 6.43. The third-order valence-corrected chi connectivity index (χ3v) is 8.62. The molecule has 2 amide bonds. The van der Waals surface area contributed by atoms with E-state index in [2.05, 4.69) is 0 Å². The zero-order valence-electron chi connectivity index (χ0n) is 17.4. The van der Waals surface area contributed by atoms with Gasteiger partial charge in [0.1, 0.15) is 6.04 Å². The summed E-state index contributed by atoms with van der Waals surface area (Å²) >= 11 is 0. The Hall–Kier alpha value is -1.93. The van der Waals surface area contributed by atoms with Crippen molar-refractivity contribution in [2.75, 3.05) is 32.7 Å². The van der Waals surface area contributed by atoms with Gasteiger partial charge in [-0.1, -0.05) is 37.5 Å². The van der Waals surface area contributed by atoms with Crippen LogP contribution in [0.1, 0.15) is 44.9 Å². The van der Waals surface area contributed by atoms with E-state index in [1.165, 1.54) is 10.7 Å². The number of nitrogens with zero attached hydrogens (tertiary/aromatic N) is 3. The van der Waals surface area contributed by atoms with Gasteiger partial charge in [0.15, 0.2) is 0 Å². The molecule has 8 heteroatoms. The molecule has 0 N–H and O–H groups in total. The van der Waals surface area contributed by atoms with E-state index < -0.39 is 16.1 Å². The lowest BCUT2D eigenvalue weighted by atomic mass is 9.88. The highest BCUT2D eigenvalue weighted by atomic mass is 32.2. The number of amides is 2. The van der Waals surface area contributed by atoms with Gasteiger partial charge in [-0.05, 0) is 37.8 Å². The van der Waals surface area contributed by atoms with Gasteiger partial charge < -0.3 is 9.80 Å². The molecular weight excluding hydrogens is 402 g/mol. The summed E-state index contributed by atoms with van der Waals surface area (Å²) in [4.78, 5) is 29.8. The van der Waals surface area contributed by atoms with Crippen molar-refractivity contribution in [3.63, 3.8) is 0 Å². The van der Waals surface area contributed by atoms with Crippen LogP contribution in [0, 0.1) is 5.92 Å². The summed E-state index contributed by atoms with van der Waals surface area (Å²) in [6, 6.07) is 7.68. The van der Waals surface area contributed by atoms with E-state index in [4.69, 9.17) is 0 Å². The first-order valence-corrected chi connectivity index (χ1v) is 12.6. The zero-order valence-corrected chi connectivity index (χ0v) is 18.2. The normalized spacial score (nSPS) is 24.2. The molecule has 7 nitrogen and oxygen atoms in total. The van der Waals surface area contributed by atoms with Gasteiger partial charge in [0.05, 0.1) is 4.90 Å². The highest BCUT2D eigenvalue weighted by Crippen LogP contribution is 2.28. The standard InChI is InChI=1S/C22H31N3O4S/c26-21(18-8-3-1-4-9-18)23-14-16-24(17-15-23)22(27)20-12-7-13-25(20)30(28,29)19-10-5-2-6-11-19/h2,5-6,10-11,18,20H,1,3-4,7-9,12-17H2. The number of rotatable bonds is 4. The first-order valence-electron chi connectivity index (χ1n) is 11.1. The largest absolute Gasteiger partial charge is 0.339 e. The molecule has 30 heavy (non-hydrogen) atoms. The topological polar surface area (TPSA) is 78.0 Å². The molecule has 0 bridgehead atoms. The maximum Gasteiger partial charge on any atom is 0.243 e. The number of benzene rings is 1. The fourth-order valence-corrected chi connectivity index (χ4v) is 6.64. The molecular formula is C22H31N3O4S. The molecule has 2 aliphatic heterocycles. The minimum Gasteiger partial charge on any atom is -0.339 e. The monoisotopic (exact) mass is 433 g/mol. The summed E-state index contributed by atoms with van der Waals surface area (Å²) in [7, 11) is -3.69. The molecule has 0 spiro atoms. The van der Waals surface area contributed by atoms with E-state index in [1.807, 2.05) is 4.90 Å². The van der Waals surface area contributed by atoms with E-state index in [1.54, 1.807) is 35.2 Å². The maximum absolute atomic E-state index is 13.2. The molecule has 1 aliphatic carbocycles. The van der Waals surface area contributed by atoms with Gasteiger partial charge >= 0.3 is 0 Å². The molecule has 1 saturated carbocycles. The van der Waals surface area contributed by atoms with E-state index in [0.717, 1.165) is 25.7 Å². The van der Waals surface area contributed by atoms with Crippen LogP contribution >= 0.6 is 0 Å². The predicted octanol–water partition coefficient (Wildman–Crippen LogP) is 2.09. The number of hydrogen-bond donors (Lipinski definition) is 0. The first-order chi connectivity index (χ1) is 14.5. The molecule has 0 radical (unpaired) electrons. The van der Waals surface area contributed by atoms with Crippen molar-refractivity contribution in [2.45, 2.75) is 55.9 Å². The van der Waals surface area contributed by atoms with Gasteiger partial charge in [0.2, 0.25) is 21.8 Å². The summed E-state index contributed by atoms with van der Waals surface area (Å²) in [6.07, 6.45) is 6.66. The maximum atomic E-state index is 13.2. The van der Waals surface area contributed by atoms with Crippen LogP contribution in [0.2, 0.25) is 0 Å². The SMILES string of the molecule is O=C(C1CCCCC1)N1CCN(C(=O)C2CCCN2S(=O)(=O)c2ccccc2)CC1. The van der Waals surface area contributed by atoms with Gasteiger partial charge in [-0.2, -0.15) is 4.31 Å². The Balaban J connectivity index is 1.38. The third kappa shape index (κ3) is 4.25. The lowest BCUT2D eigenvalue weighted by molar-refractivity contribution is -0.144. The second-order valence-corrected chi connectivity index (χ2v) is 10.5. The Morgan fingerprint density at radius 3 is 1.97 bits per heavy atom. The van der Waals surface area contributed by atoms with Gasteiger partial charge in [-0.3, -0.25) is 9.59 Å². The quantitative estimate of drug-likeness (QED) is 0.729. The number of sulfonamides is 1. The predicted molar refractivity (Wildman–Crippen MR) is 113 cm³/mol. The van der Waals surface area contributed by atoms with Crippen LogP contribution in [0.25, 0.3) is 0 Å². The van der Waals surface area contributed by atoms with Crippen LogP contribution in [0.5, 0.6) is 0 Å². The van der Waals surface area contributed by atoms with Crippen molar-refractivity contribution in [2.24, 2.45) is 5.92 Å². The van der Waals surface area contributed by atoms with Crippen LogP contribution in [0.4, 0.5) is 0 Å². The van der Waals surface area contributed by atoms with Gasteiger partial charge in [-0.15, -0.1) is 0 Å². The Morgan fingerprint density at radius 2 is 1.33 bits per heavy atom. The Labute approximate surface area is 179 Å². The minimum atomic E-state index is -3.69. The second-order valence-electron chi connectivity index (χ2n) is 8.57. The van der Waals surface area contributed by atoms with Gasteiger partial charge in [0, 0.05) is 38.6 Å². The fraction of sp³-hybridized carbons (Fsp3) is 0.636. The van der Waals surface area contributed by atoms with Crippen LogP contribution < -0.4 is 0 Å². The Bertz CT molecular complexity index is 860. The smallest absolute Gasteiger partial charge is 0.243 e. The molecule has 3 fully saturated rings. The van der Waals surface area contributed by atoms with Crippen molar-refractivity contribution in [3.05, 3.63) is 30.3 Å². The van der Waals surface area contributed by atoms with E-state index in [9.17, 15) is 18.0 Å². The molecule has 4 rings (SSSR count). The number of carbonyl (C=O) groups excluding carboxylic acids is 2. The highest BCUT2D eigenvalue weighted by molar-refractivity contribution is 7.89. The number of piperazine rings is 1. The number of carbonyl (C=O) groups is 2. The molecule has 0 aromatic heterocycles. The summed E-state index contributed by atoms with van der Waals surface area (Å²) in [5.74, 6) is 0.245. The zero-order chi connectivity index (χ0) is 21.1. The average Bonchev–Trinajstić information content (AvgIpc) is 3.30. The highest BCUT2D eigenvalue weighted by Gasteiger charge is 2.42. The van der Waals surface area contributed by atoms with E-state index >= 15 is 0 Å². The van der Waals surface area contributed by atoms with Crippen LogP contribution in [-0.2, 0) is 19.6 Å². The second kappa shape index (κ2) is 9.06. The molecule has 3 aliphatic rings. The van der Waals surface area contributed by atoms with Crippen LogP contribution in [0.3, 0.4) is 0 Å². The van der Waals surface area contributed by atoms with Crippen molar-refractivity contribution in [1.29, 1.82) is 0 Å². The van der Waals surface area contributed by atoms with Gasteiger partial charge in [0.25, 0.3) is 0 Å². The number of hydrogen-bond acceptors (Lipinski definition) is 4. The molecule has 1 aromatic rings.